The standard InChI is InChI=1S/C59H89ClF3N11O11/c1-13-34(3)48-56(84)69(8)32-46(76)68(7)33-47(77)72(11)43(14-2)55(83)71(10)37(6)50(78)65-42(26-24-38-23-25-40(41(60)31-38)59(61,62)63)54(82)74-29-19-22-44(74)52(80)67-58(27-17-18-28-58)57(85)73(12)49(39-20-15-16-21-39)53(81)64-35(4)30-45(75)70(9)36(5)51(79)66-48/h23,25,31,34-37,39,42-44,48-49H,13-22,24,26-30,32-33H2,1-12H3,(H,64,81)(H,65,78)(H,66,79)(H,67,80)/t34-,35+,36-,37+,42-,43-,44?,48-,49-/m0/s1. The second kappa shape index (κ2) is 29.7. The van der Waals surface area contributed by atoms with Crippen molar-refractivity contribution in [1.82, 2.24) is 55.6 Å². The molecule has 2 aliphatic carbocycles. The molecule has 1 unspecified atom stereocenters. The minimum Gasteiger partial charge on any atom is -0.351 e. The van der Waals surface area contributed by atoms with E-state index in [1.165, 1.54) is 76.9 Å². The van der Waals surface area contributed by atoms with Crippen LogP contribution in [0.1, 0.15) is 143 Å². The van der Waals surface area contributed by atoms with Crippen LogP contribution in [0.4, 0.5) is 13.2 Å². The molecule has 1 aromatic rings. The minimum atomic E-state index is -4.74. The van der Waals surface area contributed by atoms with Gasteiger partial charge in [-0.25, -0.2) is 0 Å². The van der Waals surface area contributed by atoms with Crippen molar-refractivity contribution in [2.45, 2.75) is 198 Å². The van der Waals surface area contributed by atoms with Crippen molar-refractivity contribution in [3.8, 4) is 0 Å². The van der Waals surface area contributed by atoms with E-state index in [4.69, 9.17) is 11.6 Å². The van der Waals surface area contributed by atoms with Crippen LogP contribution in [0.25, 0.3) is 0 Å². The van der Waals surface area contributed by atoms with Gasteiger partial charge >= 0.3 is 6.18 Å². The van der Waals surface area contributed by atoms with Gasteiger partial charge in [0, 0.05) is 61.3 Å². The number of carbonyl (C=O) groups excluding carboxylic acids is 11. The summed E-state index contributed by atoms with van der Waals surface area (Å²) in [6.45, 7) is 8.77. The van der Waals surface area contributed by atoms with Gasteiger partial charge in [0.25, 0.3) is 0 Å². The molecule has 0 bridgehead atoms. The van der Waals surface area contributed by atoms with Gasteiger partial charge in [-0.05, 0) is 108 Å². The van der Waals surface area contributed by atoms with Crippen molar-refractivity contribution in [2.75, 3.05) is 61.9 Å². The van der Waals surface area contributed by atoms with Gasteiger partial charge in [0.05, 0.1) is 23.7 Å². The van der Waals surface area contributed by atoms with Crippen LogP contribution in [0.5, 0.6) is 0 Å². The molecule has 2 saturated carbocycles. The fraction of sp³-hybridized carbons (Fsp3) is 0.712. The Morgan fingerprint density at radius 1 is 0.659 bits per heavy atom. The lowest BCUT2D eigenvalue weighted by Crippen LogP contribution is -2.64. The molecule has 26 heteroatoms. The summed E-state index contributed by atoms with van der Waals surface area (Å²) >= 11 is 6.08. The highest BCUT2D eigenvalue weighted by atomic mass is 35.5. The number of amides is 11. The van der Waals surface area contributed by atoms with E-state index in [9.17, 15) is 61.1 Å². The first-order valence-electron chi connectivity index (χ1n) is 29.7. The predicted molar refractivity (Wildman–Crippen MR) is 309 cm³/mol. The van der Waals surface area contributed by atoms with Gasteiger partial charge in [-0.15, -0.1) is 0 Å². The monoisotopic (exact) mass is 1220 g/mol. The van der Waals surface area contributed by atoms with Crippen molar-refractivity contribution >= 4 is 76.6 Å². The van der Waals surface area contributed by atoms with E-state index in [2.05, 4.69) is 21.3 Å². The average molecular weight is 1220 g/mol. The highest BCUT2D eigenvalue weighted by Gasteiger charge is 2.50. The molecule has 5 rings (SSSR count). The smallest absolute Gasteiger partial charge is 0.351 e. The number of halogens is 4. The molecule has 0 radical (unpaired) electrons. The molecule has 4 fully saturated rings. The molecule has 1 aromatic carbocycles. The molecular formula is C59H89ClF3N11O11. The number of aryl methyl sites for hydroxylation is 1. The Morgan fingerprint density at radius 3 is 1.85 bits per heavy atom. The van der Waals surface area contributed by atoms with E-state index in [-0.39, 0.29) is 57.4 Å². The molecule has 9 atom stereocenters. The normalized spacial score (nSPS) is 27.8. The average Bonchev–Trinajstić information content (AvgIpc) is 4.25. The summed E-state index contributed by atoms with van der Waals surface area (Å²) in [7, 11) is 8.37. The molecule has 22 nitrogen and oxygen atoms in total. The van der Waals surface area contributed by atoms with Gasteiger partial charge in [-0.1, -0.05) is 70.5 Å². The lowest BCUT2D eigenvalue weighted by Gasteiger charge is -2.40. The summed E-state index contributed by atoms with van der Waals surface area (Å²) in [5, 5.41) is 10.9. The van der Waals surface area contributed by atoms with Crippen molar-refractivity contribution in [2.24, 2.45) is 11.8 Å². The van der Waals surface area contributed by atoms with E-state index >= 15 is 4.79 Å². The fourth-order valence-corrected chi connectivity index (χ4v) is 12.3. The summed E-state index contributed by atoms with van der Waals surface area (Å²) in [6, 6.07) is -5.86. The van der Waals surface area contributed by atoms with Gasteiger partial charge in [0.2, 0.25) is 65.0 Å². The number of hydrogen-bond donors (Lipinski definition) is 4. The summed E-state index contributed by atoms with van der Waals surface area (Å²) in [6.07, 6.45) is 0.239. The molecule has 4 aliphatic rings. The maximum Gasteiger partial charge on any atom is 0.417 e. The first-order valence-corrected chi connectivity index (χ1v) is 30.1. The zero-order valence-corrected chi connectivity index (χ0v) is 52.1. The van der Waals surface area contributed by atoms with Crippen LogP contribution in [-0.2, 0) is 65.3 Å². The number of benzene rings is 1. The van der Waals surface area contributed by atoms with E-state index in [0.29, 0.717) is 44.1 Å². The Hall–Kier alpha value is -6.53. The van der Waals surface area contributed by atoms with Crippen LogP contribution in [-0.4, -0.2) is 215 Å². The van der Waals surface area contributed by atoms with Crippen LogP contribution in [0.15, 0.2) is 18.2 Å². The Kier molecular flexibility index (Phi) is 24.2. The number of carbonyl (C=O) groups is 11. The fourth-order valence-electron chi connectivity index (χ4n) is 12.0. The number of alkyl halides is 3. The predicted octanol–water partition coefficient (Wildman–Crippen LogP) is 3.50. The van der Waals surface area contributed by atoms with Gasteiger partial charge in [0.1, 0.15) is 47.8 Å². The second-order valence-electron chi connectivity index (χ2n) is 23.9. The molecule has 2 saturated heterocycles. The van der Waals surface area contributed by atoms with Crippen LogP contribution >= 0.6 is 11.6 Å². The Bertz CT molecular complexity index is 2650. The number of hydrogen-bond acceptors (Lipinski definition) is 11. The van der Waals surface area contributed by atoms with Crippen LogP contribution in [0, 0.1) is 11.8 Å². The largest absolute Gasteiger partial charge is 0.417 e. The third-order valence-corrected chi connectivity index (χ3v) is 18.3. The molecule has 4 N–H and O–H groups in total. The third kappa shape index (κ3) is 16.7. The van der Waals surface area contributed by atoms with E-state index in [1.807, 2.05) is 6.92 Å². The van der Waals surface area contributed by atoms with Gasteiger partial charge in [-0.2, -0.15) is 13.2 Å². The quantitative estimate of drug-likeness (QED) is 0.307. The number of nitrogens with one attached hydrogen (secondary N) is 4. The van der Waals surface area contributed by atoms with Crippen molar-refractivity contribution in [3.05, 3.63) is 34.3 Å². The molecule has 474 valence electrons. The first kappa shape index (κ1) is 69.2. The van der Waals surface area contributed by atoms with E-state index < -0.39 is 155 Å². The minimum absolute atomic E-state index is 0.0591. The summed E-state index contributed by atoms with van der Waals surface area (Å²) < 4.78 is 41.1. The van der Waals surface area contributed by atoms with Gasteiger partial charge < -0.3 is 55.6 Å². The summed E-state index contributed by atoms with van der Waals surface area (Å²) in [5.74, 6) is -7.63. The van der Waals surface area contributed by atoms with Crippen molar-refractivity contribution in [1.29, 1.82) is 0 Å². The Balaban J connectivity index is 1.52. The second-order valence-corrected chi connectivity index (χ2v) is 24.4. The molecule has 0 aromatic heterocycles. The zero-order chi connectivity index (χ0) is 63.6. The molecular weight excluding hydrogens is 1130 g/mol. The van der Waals surface area contributed by atoms with Gasteiger partial charge in [0.15, 0.2) is 0 Å². The van der Waals surface area contributed by atoms with E-state index in [1.54, 1.807) is 20.8 Å². The topological polar surface area (TPSA) is 259 Å². The summed E-state index contributed by atoms with van der Waals surface area (Å²) in [4.78, 5) is 166. The molecule has 2 heterocycles. The SMILES string of the molecule is CC[C@H](C)[C@@H]1NC(=O)[C@H](C)N(C)C(=O)C[C@@H](C)NC(=O)[C@H](C2CCCC2)N(C)C(=O)C2(CCCC2)NC(=O)C2CCCN2C(=O)[C@H](CCc2ccc(C(F)(F)F)c(Cl)c2)NC(=O)[C@@H](C)N(C)C(=O)[C@H](CC)N(C)C(=O)CN(C)C(=O)CN(C)C1=O. The van der Waals surface area contributed by atoms with Crippen molar-refractivity contribution in [3.63, 3.8) is 0 Å². The molecule has 85 heavy (non-hydrogen) atoms. The number of nitrogens with zero attached hydrogens (tertiary/aromatic N) is 7. The highest BCUT2D eigenvalue weighted by Crippen LogP contribution is 2.37. The van der Waals surface area contributed by atoms with Gasteiger partial charge in [-0.3, -0.25) is 52.7 Å². The lowest BCUT2D eigenvalue weighted by atomic mass is 9.90. The zero-order valence-electron chi connectivity index (χ0n) is 51.4. The number of likely N-dealkylation sites (N-methyl/N-ethyl adjacent to an activating group) is 6. The Labute approximate surface area is 502 Å². The van der Waals surface area contributed by atoms with E-state index in [0.717, 1.165) is 44.6 Å². The molecule has 11 amide bonds. The summed E-state index contributed by atoms with van der Waals surface area (Å²) in [5.41, 5.74) is -2.24. The number of fused-ring (bicyclic) bond motifs is 1. The lowest BCUT2D eigenvalue weighted by molar-refractivity contribution is -0.150. The van der Waals surface area contributed by atoms with Crippen LogP contribution < -0.4 is 21.3 Å². The van der Waals surface area contributed by atoms with Crippen molar-refractivity contribution < 1.29 is 65.9 Å². The third-order valence-electron chi connectivity index (χ3n) is 18.0. The maximum absolute atomic E-state index is 15.1. The molecule has 1 spiro atoms. The maximum atomic E-state index is 15.1. The first-order chi connectivity index (χ1) is 39.8. The number of rotatable bonds is 7. The highest BCUT2D eigenvalue weighted by molar-refractivity contribution is 6.31. The molecule has 2 aliphatic heterocycles. The van der Waals surface area contributed by atoms with Crippen LogP contribution in [0.2, 0.25) is 5.02 Å². The van der Waals surface area contributed by atoms with Crippen LogP contribution in [0.3, 0.4) is 0 Å². The Morgan fingerprint density at radius 2 is 1.26 bits per heavy atom.